The first-order chi connectivity index (χ1) is 19.0. The molecule has 6 atom stereocenters. The summed E-state index contributed by atoms with van der Waals surface area (Å²) in [5, 5.41) is 14.9. The Bertz CT molecular complexity index is 1360. The van der Waals surface area contributed by atoms with Gasteiger partial charge in [-0.05, 0) is 81.1 Å². The summed E-state index contributed by atoms with van der Waals surface area (Å²) in [6.07, 6.45) is 7.54. The second-order valence-corrected chi connectivity index (χ2v) is 12.4. The fourth-order valence-electron chi connectivity index (χ4n) is 8.63. The summed E-state index contributed by atoms with van der Waals surface area (Å²) in [5.74, 6) is 0.585. The van der Waals surface area contributed by atoms with Crippen LogP contribution in [0.25, 0.3) is 0 Å². The third-order valence-corrected chi connectivity index (χ3v) is 10.3. The van der Waals surface area contributed by atoms with Crippen molar-refractivity contribution in [3.63, 3.8) is 0 Å². The second-order valence-electron chi connectivity index (χ2n) is 12.4. The summed E-state index contributed by atoms with van der Waals surface area (Å²) >= 11 is 0. The summed E-state index contributed by atoms with van der Waals surface area (Å²) in [6.45, 7) is 4.36. The summed E-state index contributed by atoms with van der Waals surface area (Å²) in [5.41, 5.74) is 3.03. The van der Waals surface area contributed by atoms with Gasteiger partial charge in [0.2, 0.25) is 5.91 Å². The minimum Gasteiger partial charge on any atom is -0.366 e. The number of fused-ring (bicyclic) bond motifs is 9. The van der Waals surface area contributed by atoms with E-state index >= 15 is 0 Å². The predicted octanol–water partition coefficient (Wildman–Crippen LogP) is 3.30. The number of hydrogen-bond acceptors (Lipinski definition) is 6. The van der Waals surface area contributed by atoms with Crippen molar-refractivity contribution in [1.82, 2.24) is 14.8 Å². The van der Waals surface area contributed by atoms with Gasteiger partial charge in [-0.1, -0.05) is 12.5 Å². The van der Waals surface area contributed by atoms with Crippen molar-refractivity contribution in [2.75, 3.05) is 31.1 Å². The van der Waals surface area contributed by atoms with E-state index in [1.807, 2.05) is 22.8 Å². The molecule has 9 nitrogen and oxygen atoms in total. The highest BCUT2D eigenvalue weighted by atomic mass is 16.6. The zero-order valence-electron chi connectivity index (χ0n) is 22.3. The van der Waals surface area contributed by atoms with Gasteiger partial charge in [0.05, 0.1) is 10.8 Å². The molecule has 0 saturated carbocycles. The van der Waals surface area contributed by atoms with E-state index in [-0.39, 0.29) is 45.9 Å². The van der Waals surface area contributed by atoms with E-state index in [0.29, 0.717) is 38.0 Å². The second kappa shape index (κ2) is 9.77. The van der Waals surface area contributed by atoms with Crippen molar-refractivity contribution < 1.29 is 9.72 Å². The van der Waals surface area contributed by atoms with Crippen LogP contribution in [0.2, 0.25) is 0 Å². The van der Waals surface area contributed by atoms with Crippen molar-refractivity contribution in [3.8, 4) is 0 Å². The largest absolute Gasteiger partial charge is 0.366 e. The number of non-ortho nitro benzene ring substituents is 1. The van der Waals surface area contributed by atoms with Crippen molar-refractivity contribution in [2.24, 2.45) is 17.8 Å². The van der Waals surface area contributed by atoms with E-state index in [1.54, 1.807) is 18.2 Å². The normalized spacial score (nSPS) is 31.3. The standard InChI is InChI=1S/C30H37N5O4/c36-28-8-3-7-26-21-13-22(18-33(26)28)29-24(15-20-14-23(35(38)39)9-10-27(20)34(29)17-21)30(37)31-16-19-5-4-12-32-11-2-1-6-25(19)32/h3,7-10,14,19,21-22,24-25,29H,1-2,4-6,11-13,15-18H2,(H,31,37). The van der Waals surface area contributed by atoms with Crippen LogP contribution in [-0.2, 0) is 17.8 Å². The molecular weight excluding hydrogens is 494 g/mol. The van der Waals surface area contributed by atoms with Gasteiger partial charge in [0.15, 0.2) is 0 Å². The number of nitrogens with zero attached hydrogens (tertiary/aromatic N) is 4. The molecule has 6 heterocycles. The van der Waals surface area contributed by atoms with E-state index in [2.05, 4.69) is 15.1 Å². The fourth-order valence-corrected chi connectivity index (χ4v) is 8.63. The molecule has 1 aromatic carbocycles. The molecule has 2 aromatic rings. The van der Waals surface area contributed by atoms with E-state index < -0.39 is 0 Å². The van der Waals surface area contributed by atoms with Gasteiger partial charge >= 0.3 is 0 Å². The molecule has 0 radical (unpaired) electrons. The van der Waals surface area contributed by atoms with Gasteiger partial charge in [0.1, 0.15) is 0 Å². The smallest absolute Gasteiger partial charge is 0.269 e. The number of anilines is 1. The van der Waals surface area contributed by atoms with Gasteiger partial charge in [-0.25, -0.2) is 0 Å². The van der Waals surface area contributed by atoms with Crippen LogP contribution < -0.4 is 15.8 Å². The van der Waals surface area contributed by atoms with Gasteiger partial charge < -0.3 is 19.7 Å². The third kappa shape index (κ3) is 4.26. The number of aromatic nitrogens is 1. The Morgan fingerprint density at radius 3 is 2.82 bits per heavy atom. The number of benzene rings is 1. The quantitative estimate of drug-likeness (QED) is 0.480. The van der Waals surface area contributed by atoms with E-state index in [9.17, 15) is 19.7 Å². The highest BCUT2D eigenvalue weighted by Gasteiger charge is 2.49. The molecule has 206 valence electrons. The lowest BCUT2D eigenvalue weighted by Crippen LogP contribution is -2.61. The van der Waals surface area contributed by atoms with Crippen LogP contribution in [0.15, 0.2) is 41.2 Å². The highest BCUT2D eigenvalue weighted by molar-refractivity contribution is 5.82. The van der Waals surface area contributed by atoms with Crippen molar-refractivity contribution in [3.05, 3.63) is 68.1 Å². The zero-order chi connectivity index (χ0) is 26.7. The van der Waals surface area contributed by atoms with Crippen LogP contribution in [0, 0.1) is 27.9 Å². The van der Waals surface area contributed by atoms with Crippen LogP contribution in [0.4, 0.5) is 11.4 Å². The third-order valence-electron chi connectivity index (χ3n) is 10.3. The minimum atomic E-state index is -0.353. The Morgan fingerprint density at radius 2 is 1.95 bits per heavy atom. The molecule has 0 aliphatic carbocycles. The van der Waals surface area contributed by atoms with E-state index in [0.717, 1.165) is 29.8 Å². The predicted molar refractivity (Wildman–Crippen MR) is 148 cm³/mol. The van der Waals surface area contributed by atoms with Gasteiger partial charge in [-0.3, -0.25) is 19.7 Å². The maximum Gasteiger partial charge on any atom is 0.269 e. The van der Waals surface area contributed by atoms with Gasteiger partial charge in [0, 0.05) is 67.2 Å². The Balaban J connectivity index is 1.19. The fraction of sp³-hybridized carbons (Fsp3) is 0.600. The van der Waals surface area contributed by atoms with Crippen molar-refractivity contribution >= 4 is 17.3 Å². The molecule has 3 saturated heterocycles. The van der Waals surface area contributed by atoms with E-state index in [4.69, 9.17) is 0 Å². The number of carbonyl (C=O) groups excluding carboxylic acids is 1. The molecule has 1 N–H and O–H groups in total. The number of amides is 1. The van der Waals surface area contributed by atoms with Crippen LogP contribution in [-0.4, -0.2) is 58.6 Å². The number of pyridine rings is 1. The molecular formula is C30H37N5O4. The average Bonchev–Trinajstić information content (AvgIpc) is 2.95. The number of piperidine rings is 3. The molecule has 2 bridgehead atoms. The van der Waals surface area contributed by atoms with Crippen LogP contribution >= 0.6 is 0 Å². The lowest BCUT2D eigenvalue weighted by atomic mass is 9.70. The Labute approximate surface area is 228 Å². The molecule has 6 unspecified atom stereocenters. The Hall–Kier alpha value is -3.20. The SMILES string of the molecule is O=C(NCC1CCCN2CCCCC12)C1Cc2cc([N+](=O)[O-])ccc2N2CC3CC(Cn4c3cccc4=O)C12. The van der Waals surface area contributed by atoms with Crippen LogP contribution in [0.5, 0.6) is 0 Å². The molecule has 39 heavy (non-hydrogen) atoms. The van der Waals surface area contributed by atoms with Gasteiger partial charge in [-0.15, -0.1) is 0 Å². The highest BCUT2D eigenvalue weighted by Crippen LogP contribution is 2.47. The monoisotopic (exact) mass is 531 g/mol. The topological polar surface area (TPSA) is 101 Å². The Morgan fingerprint density at radius 1 is 1.08 bits per heavy atom. The first kappa shape index (κ1) is 24.8. The summed E-state index contributed by atoms with van der Waals surface area (Å²) < 4.78 is 1.91. The first-order valence-electron chi connectivity index (χ1n) is 14.7. The van der Waals surface area contributed by atoms with E-state index in [1.165, 1.54) is 38.8 Å². The van der Waals surface area contributed by atoms with Crippen molar-refractivity contribution in [1.29, 1.82) is 0 Å². The molecule has 9 heteroatoms. The molecule has 5 aliphatic rings. The molecule has 1 aromatic heterocycles. The lowest BCUT2D eigenvalue weighted by molar-refractivity contribution is -0.384. The number of hydrogen-bond donors (Lipinski definition) is 1. The molecule has 0 spiro atoms. The molecule has 5 aliphatic heterocycles. The van der Waals surface area contributed by atoms with Crippen LogP contribution in [0.1, 0.15) is 55.7 Å². The number of carbonyl (C=O) groups is 1. The maximum atomic E-state index is 14.0. The molecule has 7 rings (SSSR count). The number of nitro groups is 1. The summed E-state index contributed by atoms with van der Waals surface area (Å²) in [4.78, 5) is 43.0. The number of rotatable bonds is 4. The zero-order valence-corrected chi connectivity index (χ0v) is 22.3. The Kier molecular flexibility index (Phi) is 6.21. The lowest BCUT2D eigenvalue weighted by Gasteiger charge is -2.54. The number of nitro benzene ring substituents is 1. The van der Waals surface area contributed by atoms with Crippen molar-refractivity contribution in [2.45, 2.75) is 69.5 Å². The first-order valence-corrected chi connectivity index (χ1v) is 14.7. The maximum absolute atomic E-state index is 14.0. The minimum absolute atomic E-state index is 0.0258. The van der Waals surface area contributed by atoms with Crippen LogP contribution in [0.3, 0.4) is 0 Å². The average molecular weight is 532 g/mol. The number of nitrogens with one attached hydrogen (secondary N) is 1. The summed E-state index contributed by atoms with van der Waals surface area (Å²) in [7, 11) is 0. The molecule has 3 fully saturated rings. The van der Waals surface area contributed by atoms with Gasteiger partial charge in [-0.2, -0.15) is 0 Å². The summed E-state index contributed by atoms with van der Waals surface area (Å²) in [6, 6.07) is 11.2. The molecule has 1 amide bonds. The van der Waals surface area contributed by atoms with Gasteiger partial charge in [0.25, 0.3) is 11.2 Å².